The molecular weight excluding hydrogens is 556 g/mol. The molecule has 0 N–H and O–H groups in total. The highest BCUT2D eigenvalue weighted by Gasteiger charge is 2.56. The van der Waals surface area contributed by atoms with Crippen molar-refractivity contribution in [3.8, 4) is 0 Å². The molecule has 3 saturated heterocycles. The highest BCUT2D eigenvalue weighted by Crippen LogP contribution is 2.33. The smallest absolute Gasteiger partial charge is 0.410 e. The van der Waals surface area contributed by atoms with Crippen molar-refractivity contribution in [3.05, 3.63) is 78.4 Å². The van der Waals surface area contributed by atoms with Crippen molar-refractivity contribution in [2.45, 2.75) is 69.1 Å². The lowest BCUT2D eigenvalue weighted by Gasteiger charge is -2.52. The van der Waals surface area contributed by atoms with Gasteiger partial charge >= 0.3 is 6.09 Å². The number of β-lactam (4-membered cyclic amide) rings is 1. The molecule has 3 atom stereocenters. The molecule has 2 aromatic carbocycles. The Morgan fingerprint density at radius 1 is 0.864 bits per heavy atom. The van der Waals surface area contributed by atoms with E-state index in [4.69, 9.17) is 4.74 Å². The first kappa shape index (κ1) is 31.4. The number of likely N-dealkylation sites (tertiary alicyclic amines) is 1. The monoisotopic (exact) mass is 600 g/mol. The number of piperazine rings is 1. The largest absolute Gasteiger partial charge is 0.448 e. The predicted octanol–water partition coefficient (Wildman–Crippen LogP) is 4.24. The van der Waals surface area contributed by atoms with Crippen LogP contribution in [0, 0.1) is 0 Å². The van der Waals surface area contributed by atoms with E-state index in [0.29, 0.717) is 25.7 Å². The van der Waals surface area contributed by atoms with E-state index in [1.807, 2.05) is 83.8 Å². The molecule has 44 heavy (non-hydrogen) atoms. The highest BCUT2D eigenvalue weighted by molar-refractivity contribution is 5.98. The zero-order valence-corrected chi connectivity index (χ0v) is 25.4. The average molecular weight is 601 g/mol. The summed E-state index contributed by atoms with van der Waals surface area (Å²) in [6.45, 7) is 3.52. The maximum Gasteiger partial charge on any atom is 0.410 e. The summed E-state index contributed by atoms with van der Waals surface area (Å²) >= 11 is 0. The van der Waals surface area contributed by atoms with Gasteiger partial charge < -0.3 is 19.3 Å². The van der Waals surface area contributed by atoms with Crippen LogP contribution < -0.4 is 0 Å². The van der Waals surface area contributed by atoms with Crippen molar-refractivity contribution in [1.82, 2.24) is 19.6 Å². The molecule has 1 unspecified atom stereocenters. The molecular formula is C35H44N4O5. The van der Waals surface area contributed by atoms with Crippen LogP contribution in [0.1, 0.15) is 50.5 Å². The van der Waals surface area contributed by atoms with Gasteiger partial charge in [-0.1, -0.05) is 98.1 Å². The van der Waals surface area contributed by atoms with Crippen LogP contribution in [0.4, 0.5) is 4.79 Å². The Kier molecular flexibility index (Phi) is 11.2. The minimum absolute atomic E-state index is 0.107. The molecule has 4 fully saturated rings. The number of carbonyl (C=O) groups excluding carboxylic acids is 4. The van der Waals surface area contributed by atoms with Crippen molar-refractivity contribution in [1.29, 1.82) is 0 Å². The molecule has 3 heterocycles. The third-order valence-corrected chi connectivity index (χ3v) is 9.13. The summed E-state index contributed by atoms with van der Waals surface area (Å²) in [6.07, 6.45) is 10.9. The molecule has 0 aromatic heterocycles. The Morgan fingerprint density at radius 3 is 2.09 bits per heavy atom. The summed E-state index contributed by atoms with van der Waals surface area (Å²) in [7, 11) is 0. The number of aldehydes is 1. The number of benzene rings is 2. The fourth-order valence-corrected chi connectivity index (χ4v) is 6.78. The Morgan fingerprint density at radius 2 is 1.50 bits per heavy atom. The topological polar surface area (TPSA) is 90.5 Å². The Labute approximate surface area is 260 Å². The summed E-state index contributed by atoms with van der Waals surface area (Å²) in [6, 6.07) is 20.4. The molecule has 0 bridgehead atoms. The molecule has 3 amide bonds. The summed E-state index contributed by atoms with van der Waals surface area (Å²) in [5, 5.41) is 0. The molecule has 0 spiro atoms. The third-order valence-electron chi connectivity index (χ3n) is 9.13. The van der Waals surface area contributed by atoms with Crippen molar-refractivity contribution >= 4 is 30.3 Å². The molecule has 234 valence electrons. The van der Waals surface area contributed by atoms with Gasteiger partial charge in [-0.05, 0) is 24.8 Å². The van der Waals surface area contributed by atoms with Gasteiger partial charge in [0.1, 0.15) is 25.0 Å². The average Bonchev–Trinajstić information content (AvgIpc) is 3.50. The number of amides is 3. The lowest BCUT2D eigenvalue weighted by atomic mass is 9.88. The van der Waals surface area contributed by atoms with Gasteiger partial charge in [0.25, 0.3) is 0 Å². The molecule has 9 nitrogen and oxygen atoms in total. The summed E-state index contributed by atoms with van der Waals surface area (Å²) < 4.78 is 5.11. The molecule has 6 rings (SSSR count). The van der Waals surface area contributed by atoms with Crippen LogP contribution in [0.5, 0.6) is 0 Å². The molecule has 2 aromatic rings. The van der Waals surface area contributed by atoms with Crippen LogP contribution in [-0.4, -0.2) is 107 Å². The molecule has 3 aliphatic heterocycles. The first-order valence-electron chi connectivity index (χ1n) is 16.0. The number of ether oxygens (including phenoxy) is 1. The van der Waals surface area contributed by atoms with Crippen molar-refractivity contribution in [2.24, 2.45) is 0 Å². The first-order chi connectivity index (χ1) is 21.6. The van der Waals surface area contributed by atoms with Gasteiger partial charge in [-0.15, -0.1) is 0 Å². The maximum absolute atomic E-state index is 13.8. The van der Waals surface area contributed by atoms with Gasteiger partial charge in [-0.3, -0.25) is 19.4 Å². The second-order valence-electron chi connectivity index (χ2n) is 11.8. The number of carbonyl (C=O) groups is 4. The van der Waals surface area contributed by atoms with Gasteiger partial charge in [-0.25, -0.2) is 4.79 Å². The third kappa shape index (κ3) is 7.56. The number of rotatable bonds is 9. The number of cyclic esters (lactones) is 1. The normalized spacial score (nSPS) is 23.5. The molecule has 4 aliphatic rings. The van der Waals surface area contributed by atoms with E-state index < -0.39 is 24.2 Å². The SMILES string of the molecule is O=CCC[C@@H](C(=O)N1CCN(C2CCCCC2)CC1)N1C(=O)[C@@H](N2CCOC2=O)C1/C=C/c1ccccc1.c1ccccc1. The van der Waals surface area contributed by atoms with E-state index in [1.54, 1.807) is 4.90 Å². The van der Waals surface area contributed by atoms with E-state index in [9.17, 15) is 19.2 Å². The van der Waals surface area contributed by atoms with Crippen LogP contribution in [0.25, 0.3) is 6.08 Å². The Hall–Kier alpha value is -3.98. The van der Waals surface area contributed by atoms with Gasteiger partial charge in [-0.2, -0.15) is 0 Å². The van der Waals surface area contributed by atoms with Gasteiger partial charge in [0, 0.05) is 38.6 Å². The molecule has 1 aliphatic carbocycles. The van der Waals surface area contributed by atoms with Crippen molar-refractivity contribution in [3.63, 3.8) is 0 Å². The lowest BCUT2D eigenvalue weighted by molar-refractivity contribution is -0.165. The minimum Gasteiger partial charge on any atom is -0.448 e. The van der Waals surface area contributed by atoms with Crippen LogP contribution in [0.2, 0.25) is 0 Å². The zero-order chi connectivity index (χ0) is 30.7. The fraction of sp³-hybridized carbons (Fsp3) is 0.486. The number of hydrogen-bond donors (Lipinski definition) is 0. The van der Waals surface area contributed by atoms with Crippen molar-refractivity contribution < 1.29 is 23.9 Å². The standard InChI is InChI=1S/C29H38N4O5.C6H6/c34-20-7-12-25(27(35)31-17-15-30(16-18-31)23-10-5-2-6-11-23)33-24(14-13-22-8-3-1-4-9-22)26(28(33)36)32-19-21-38-29(32)37;1-2-4-6-5-3-1/h1,3-4,8-9,13-14,20,23-26H,2,5-7,10-12,15-19,21H2;1-6H/b14-13+;/t24?,25-,26-;/m0./s1. The van der Waals surface area contributed by atoms with E-state index in [-0.39, 0.29) is 31.3 Å². The second kappa shape index (κ2) is 15.7. The molecule has 0 radical (unpaired) electrons. The molecule has 9 heteroatoms. The Balaban J connectivity index is 0.000000573. The van der Waals surface area contributed by atoms with E-state index in [2.05, 4.69) is 4.90 Å². The van der Waals surface area contributed by atoms with E-state index >= 15 is 0 Å². The summed E-state index contributed by atoms with van der Waals surface area (Å²) in [5.41, 5.74) is 0.962. The number of hydrogen-bond acceptors (Lipinski definition) is 6. The second-order valence-corrected chi connectivity index (χ2v) is 11.8. The Bertz CT molecular complexity index is 1230. The van der Waals surface area contributed by atoms with Gasteiger partial charge in [0.15, 0.2) is 0 Å². The first-order valence-corrected chi connectivity index (χ1v) is 16.0. The lowest BCUT2D eigenvalue weighted by Crippen LogP contribution is -2.74. The van der Waals surface area contributed by atoms with E-state index in [0.717, 1.165) is 24.9 Å². The van der Waals surface area contributed by atoms with E-state index in [1.165, 1.54) is 37.0 Å². The predicted molar refractivity (Wildman–Crippen MR) is 169 cm³/mol. The zero-order valence-electron chi connectivity index (χ0n) is 25.4. The summed E-state index contributed by atoms with van der Waals surface area (Å²) in [5.74, 6) is -0.374. The van der Waals surface area contributed by atoms with Gasteiger partial charge in [0.2, 0.25) is 11.8 Å². The number of nitrogens with zero attached hydrogens (tertiary/aromatic N) is 4. The highest BCUT2D eigenvalue weighted by atomic mass is 16.6. The quantitative estimate of drug-likeness (QED) is 0.316. The van der Waals surface area contributed by atoms with Crippen LogP contribution >= 0.6 is 0 Å². The fourth-order valence-electron chi connectivity index (χ4n) is 6.78. The van der Waals surface area contributed by atoms with Crippen LogP contribution in [0.15, 0.2) is 72.8 Å². The van der Waals surface area contributed by atoms with Crippen LogP contribution in [0.3, 0.4) is 0 Å². The van der Waals surface area contributed by atoms with Crippen molar-refractivity contribution in [2.75, 3.05) is 39.3 Å². The van der Waals surface area contributed by atoms with Crippen LogP contribution in [-0.2, 0) is 19.1 Å². The van der Waals surface area contributed by atoms with Gasteiger partial charge in [0.05, 0.1) is 12.6 Å². The molecule has 1 saturated carbocycles. The minimum atomic E-state index is -0.741. The summed E-state index contributed by atoms with van der Waals surface area (Å²) in [4.78, 5) is 58.5. The maximum atomic E-state index is 13.8.